The Kier molecular flexibility index (Phi) is 3.35. The van der Waals surface area contributed by atoms with Crippen LogP contribution in [0, 0.1) is 0 Å². The lowest BCUT2D eigenvalue weighted by atomic mass is 10.2. The molecule has 1 saturated heterocycles. The van der Waals surface area contributed by atoms with Gasteiger partial charge in [0.25, 0.3) is 0 Å². The van der Waals surface area contributed by atoms with Gasteiger partial charge in [0, 0.05) is 49.6 Å². The SMILES string of the molecule is c1ccc(N2CCN(c3cncc4cccnc34)CC2)cc1. The molecular weight excluding hydrogens is 272 g/mol. The fourth-order valence-electron chi connectivity index (χ4n) is 3.06. The number of rotatable bonds is 2. The average molecular weight is 290 g/mol. The Hall–Kier alpha value is -2.62. The summed E-state index contributed by atoms with van der Waals surface area (Å²) in [6, 6.07) is 14.6. The van der Waals surface area contributed by atoms with Crippen LogP contribution in [-0.2, 0) is 0 Å². The lowest BCUT2D eigenvalue weighted by Crippen LogP contribution is -2.46. The Bertz CT molecular complexity index is 759. The molecule has 110 valence electrons. The molecule has 0 amide bonds. The number of benzene rings is 1. The molecule has 4 nitrogen and oxygen atoms in total. The monoisotopic (exact) mass is 290 g/mol. The van der Waals surface area contributed by atoms with Gasteiger partial charge in [-0.05, 0) is 24.3 Å². The number of hydrogen-bond acceptors (Lipinski definition) is 4. The second-order valence-corrected chi connectivity index (χ2v) is 5.54. The predicted octanol–water partition coefficient (Wildman–Crippen LogP) is 2.96. The van der Waals surface area contributed by atoms with E-state index in [1.807, 2.05) is 24.7 Å². The highest BCUT2D eigenvalue weighted by molar-refractivity contribution is 5.89. The molecule has 1 aliphatic rings. The molecule has 22 heavy (non-hydrogen) atoms. The summed E-state index contributed by atoms with van der Waals surface area (Å²) in [5, 5.41) is 1.10. The van der Waals surface area contributed by atoms with E-state index < -0.39 is 0 Å². The van der Waals surface area contributed by atoms with E-state index in [0.29, 0.717) is 0 Å². The minimum Gasteiger partial charge on any atom is -0.368 e. The van der Waals surface area contributed by atoms with Crippen molar-refractivity contribution < 1.29 is 0 Å². The third-order valence-corrected chi connectivity index (χ3v) is 4.23. The molecule has 0 spiro atoms. The molecule has 2 aromatic heterocycles. The molecule has 0 N–H and O–H groups in total. The van der Waals surface area contributed by atoms with Crippen molar-refractivity contribution in [2.45, 2.75) is 0 Å². The van der Waals surface area contributed by atoms with Crippen molar-refractivity contribution in [1.29, 1.82) is 0 Å². The van der Waals surface area contributed by atoms with Crippen LogP contribution in [0.5, 0.6) is 0 Å². The Morgan fingerprint density at radius 3 is 2.36 bits per heavy atom. The number of fused-ring (bicyclic) bond motifs is 1. The second kappa shape index (κ2) is 5.64. The first-order valence-electron chi connectivity index (χ1n) is 7.65. The predicted molar refractivity (Wildman–Crippen MR) is 90.4 cm³/mol. The number of aromatic nitrogens is 2. The average Bonchev–Trinajstić information content (AvgIpc) is 2.62. The van der Waals surface area contributed by atoms with Crippen LogP contribution in [0.4, 0.5) is 11.4 Å². The zero-order valence-corrected chi connectivity index (χ0v) is 12.4. The molecule has 0 unspecified atom stereocenters. The Morgan fingerprint density at radius 2 is 1.55 bits per heavy atom. The zero-order valence-electron chi connectivity index (χ0n) is 12.4. The van der Waals surface area contributed by atoms with E-state index in [-0.39, 0.29) is 0 Å². The van der Waals surface area contributed by atoms with Crippen LogP contribution in [0.25, 0.3) is 10.9 Å². The van der Waals surface area contributed by atoms with Crippen LogP contribution >= 0.6 is 0 Å². The first kappa shape index (κ1) is 13.1. The van der Waals surface area contributed by atoms with Crippen molar-refractivity contribution in [2.24, 2.45) is 0 Å². The summed E-state index contributed by atoms with van der Waals surface area (Å²) in [5.74, 6) is 0. The van der Waals surface area contributed by atoms with Crippen molar-refractivity contribution in [3.63, 3.8) is 0 Å². The smallest absolute Gasteiger partial charge is 0.0966 e. The Balaban J connectivity index is 1.56. The fraction of sp³-hybridized carbons (Fsp3) is 0.222. The summed E-state index contributed by atoms with van der Waals surface area (Å²) in [7, 11) is 0. The summed E-state index contributed by atoms with van der Waals surface area (Å²) in [5.41, 5.74) is 3.49. The van der Waals surface area contributed by atoms with Crippen molar-refractivity contribution in [2.75, 3.05) is 36.0 Å². The molecule has 3 aromatic rings. The number of para-hydroxylation sites is 1. The van der Waals surface area contributed by atoms with E-state index in [9.17, 15) is 0 Å². The summed E-state index contributed by atoms with van der Waals surface area (Å²) in [4.78, 5) is 13.7. The maximum Gasteiger partial charge on any atom is 0.0966 e. The van der Waals surface area contributed by atoms with Crippen LogP contribution in [-0.4, -0.2) is 36.1 Å². The van der Waals surface area contributed by atoms with E-state index in [1.54, 1.807) is 0 Å². The Labute approximate surface area is 130 Å². The summed E-state index contributed by atoms with van der Waals surface area (Å²) in [6.45, 7) is 4.03. The molecule has 0 saturated carbocycles. The largest absolute Gasteiger partial charge is 0.368 e. The van der Waals surface area contributed by atoms with Crippen LogP contribution in [0.1, 0.15) is 0 Å². The summed E-state index contributed by atoms with van der Waals surface area (Å²) < 4.78 is 0. The lowest BCUT2D eigenvalue weighted by molar-refractivity contribution is 0.654. The van der Waals surface area contributed by atoms with Gasteiger partial charge in [-0.25, -0.2) is 0 Å². The van der Waals surface area contributed by atoms with Crippen molar-refractivity contribution >= 4 is 22.3 Å². The first-order valence-corrected chi connectivity index (χ1v) is 7.65. The van der Waals surface area contributed by atoms with E-state index in [2.05, 4.69) is 56.2 Å². The van der Waals surface area contributed by atoms with Gasteiger partial charge < -0.3 is 9.80 Å². The van der Waals surface area contributed by atoms with Gasteiger partial charge in [-0.1, -0.05) is 18.2 Å². The van der Waals surface area contributed by atoms with Crippen molar-refractivity contribution in [3.05, 3.63) is 61.1 Å². The lowest BCUT2D eigenvalue weighted by Gasteiger charge is -2.37. The normalized spacial score (nSPS) is 15.3. The van der Waals surface area contributed by atoms with Gasteiger partial charge in [0.05, 0.1) is 17.4 Å². The summed E-state index contributed by atoms with van der Waals surface area (Å²) >= 11 is 0. The van der Waals surface area contributed by atoms with Crippen LogP contribution in [0.3, 0.4) is 0 Å². The third kappa shape index (κ3) is 2.37. The van der Waals surface area contributed by atoms with Crippen LogP contribution in [0.15, 0.2) is 61.1 Å². The highest BCUT2D eigenvalue weighted by Gasteiger charge is 2.19. The van der Waals surface area contributed by atoms with Gasteiger partial charge in [0.2, 0.25) is 0 Å². The highest BCUT2D eigenvalue weighted by Crippen LogP contribution is 2.25. The molecule has 4 heteroatoms. The molecule has 1 aliphatic heterocycles. The molecule has 0 radical (unpaired) electrons. The molecule has 1 aromatic carbocycles. The Morgan fingerprint density at radius 1 is 0.773 bits per heavy atom. The minimum atomic E-state index is 0.992. The standard InChI is InChI=1S/C18H18N4/c1-2-6-16(7-3-1)21-9-11-22(12-10-21)17-14-19-13-15-5-4-8-20-18(15)17/h1-8,13-14H,9-12H2. The molecule has 3 heterocycles. The highest BCUT2D eigenvalue weighted by atomic mass is 15.3. The first-order chi connectivity index (χ1) is 10.9. The van der Waals surface area contributed by atoms with E-state index in [1.165, 1.54) is 5.69 Å². The molecule has 0 aliphatic carbocycles. The second-order valence-electron chi connectivity index (χ2n) is 5.54. The zero-order chi connectivity index (χ0) is 14.8. The van der Waals surface area contributed by atoms with E-state index in [4.69, 9.17) is 0 Å². The quantitative estimate of drug-likeness (QED) is 0.726. The van der Waals surface area contributed by atoms with E-state index >= 15 is 0 Å². The molecule has 1 fully saturated rings. The summed E-state index contributed by atoms with van der Waals surface area (Å²) in [6.07, 6.45) is 5.67. The maximum atomic E-state index is 4.54. The van der Waals surface area contributed by atoms with Crippen LogP contribution in [0.2, 0.25) is 0 Å². The number of piperazine rings is 1. The van der Waals surface area contributed by atoms with Gasteiger partial charge in [0.1, 0.15) is 0 Å². The molecule has 0 atom stereocenters. The van der Waals surface area contributed by atoms with E-state index in [0.717, 1.165) is 42.8 Å². The number of pyridine rings is 2. The topological polar surface area (TPSA) is 32.3 Å². The van der Waals surface area contributed by atoms with Gasteiger partial charge in [-0.2, -0.15) is 0 Å². The number of hydrogen-bond donors (Lipinski definition) is 0. The minimum absolute atomic E-state index is 0.992. The van der Waals surface area contributed by atoms with Crippen LogP contribution < -0.4 is 9.80 Å². The number of anilines is 2. The van der Waals surface area contributed by atoms with Gasteiger partial charge >= 0.3 is 0 Å². The number of nitrogens with zero attached hydrogens (tertiary/aromatic N) is 4. The maximum absolute atomic E-state index is 4.54. The van der Waals surface area contributed by atoms with Gasteiger partial charge in [-0.3, -0.25) is 9.97 Å². The fourth-order valence-corrected chi connectivity index (χ4v) is 3.06. The molecule has 0 bridgehead atoms. The van der Waals surface area contributed by atoms with Crippen molar-refractivity contribution in [3.8, 4) is 0 Å². The molecule has 4 rings (SSSR count). The van der Waals surface area contributed by atoms with Crippen molar-refractivity contribution in [1.82, 2.24) is 9.97 Å². The van der Waals surface area contributed by atoms with Gasteiger partial charge in [0.15, 0.2) is 0 Å². The third-order valence-electron chi connectivity index (χ3n) is 4.23. The molecular formula is C18H18N4. The van der Waals surface area contributed by atoms with Gasteiger partial charge in [-0.15, -0.1) is 0 Å².